The zero-order chi connectivity index (χ0) is 16.7. The number of epoxide rings is 1. The second-order valence-corrected chi connectivity index (χ2v) is 5.96. The SMILES string of the molecule is Fc1ccc(C2(Cn3[c]ncn3)OC2c2ccccc2Cl)c(F)c1. The van der Waals surface area contributed by atoms with Crippen LogP contribution in [0, 0.1) is 18.0 Å². The molecule has 2 atom stereocenters. The summed E-state index contributed by atoms with van der Waals surface area (Å²) in [5.74, 6) is -1.32. The quantitative estimate of drug-likeness (QED) is 0.677. The third-order valence-electron chi connectivity index (χ3n) is 4.08. The minimum absolute atomic E-state index is 0.186. The monoisotopic (exact) mass is 346 g/mol. The molecule has 1 aliphatic heterocycles. The molecule has 0 aliphatic carbocycles. The van der Waals surface area contributed by atoms with Crippen LogP contribution in [0.3, 0.4) is 0 Å². The van der Waals surface area contributed by atoms with Gasteiger partial charge in [-0.1, -0.05) is 35.9 Å². The minimum atomic E-state index is -1.03. The Morgan fingerprint density at radius 1 is 1.25 bits per heavy atom. The number of hydrogen-bond donors (Lipinski definition) is 0. The summed E-state index contributed by atoms with van der Waals surface area (Å²) in [6.45, 7) is 0.186. The van der Waals surface area contributed by atoms with Crippen molar-refractivity contribution >= 4 is 11.6 Å². The smallest absolute Gasteiger partial charge is 0.196 e. The van der Waals surface area contributed by atoms with Crippen LogP contribution in [-0.2, 0) is 16.9 Å². The summed E-state index contributed by atoms with van der Waals surface area (Å²) in [4.78, 5) is 3.77. The van der Waals surface area contributed by atoms with Crippen molar-refractivity contribution in [3.8, 4) is 0 Å². The Balaban J connectivity index is 1.79. The molecule has 2 unspecified atom stereocenters. The highest BCUT2D eigenvalue weighted by Gasteiger charge is 2.60. The van der Waals surface area contributed by atoms with Crippen molar-refractivity contribution in [3.05, 3.63) is 82.9 Å². The molecule has 0 spiro atoms. The van der Waals surface area contributed by atoms with Gasteiger partial charge in [-0.25, -0.2) is 18.4 Å². The molecule has 1 saturated heterocycles. The molecule has 121 valence electrons. The number of aromatic nitrogens is 3. The predicted molar refractivity (Wildman–Crippen MR) is 82.2 cm³/mol. The van der Waals surface area contributed by atoms with E-state index in [2.05, 4.69) is 16.4 Å². The Bertz CT molecular complexity index is 887. The normalized spacial score (nSPS) is 22.5. The van der Waals surface area contributed by atoms with Crippen molar-refractivity contribution in [3.63, 3.8) is 0 Å². The van der Waals surface area contributed by atoms with Crippen molar-refractivity contribution in [2.45, 2.75) is 18.2 Å². The van der Waals surface area contributed by atoms with Crippen LogP contribution < -0.4 is 0 Å². The van der Waals surface area contributed by atoms with Gasteiger partial charge in [0.1, 0.15) is 29.7 Å². The molecule has 1 radical (unpaired) electrons. The number of ether oxygens (including phenoxy) is 1. The van der Waals surface area contributed by atoms with Crippen LogP contribution in [0.15, 0.2) is 48.8 Å². The van der Waals surface area contributed by atoms with Crippen molar-refractivity contribution in [2.24, 2.45) is 0 Å². The average Bonchev–Trinajstić information content (AvgIpc) is 3.01. The van der Waals surface area contributed by atoms with Gasteiger partial charge in [-0.05, 0) is 12.1 Å². The number of hydrogen-bond acceptors (Lipinski definition) is 3. The summed E-state index contributed by atoms with van der Waals surface area (Å²) in [6.07, 6.45) is 3.53. The third-order valence-corrected chi connectivity index (χ3v) is 4.42. The first-order valence-corrected chi connectivity index (χ1v) is 7.61. The summed E-state index contributed by atoms with van der Waals surface area (Å²) in [5.41, 5.74) is -0.0480. The lowest BCUT2D eigenvalue weighted by Gasteiger charge is -2.15. The summed E-state index contributed by atoms with van der Waals surface area (Å²) >= 11 is 6.24. The van der Waals surface area contributed by atoms with Crippen LogP contribution in [0.2, 0.25) is 5.02 Å². The standard InChI is InChI=1S/C17H11ClF2N3O/c18-14-4-2-1-3-12(14)16-17(24-16,8-23-10-21-9-22-23)13-6-5-11(19)7-15(13)20/h1-7,9,16H,8H2. The molecule has 2 aromatic carbocycles. The zero-order valence-electron chi connectivity index (χ0n) is 12.3. The van der Waals surface area contributed by atoms with E-state index in [0.29, 0.717) is 5.02 Å². The van der Waals surface area contributed by atoms with Crippen LogP contribution in [0.1, 0.15) is 17.2 Å². The highest BCUT2D eigenvalue weighted by atomic mass is 35.5. The molecule has 3 aromatic rings. The van der Waals surface area contributed by atoms with Crippen LogP contribution in [0.25, 0.3) is 0 Å². The lowest BCUT2D eigenvalue weighted by molar-refractivity contribution is 0.256. The van der Waals surface area contributed by atoms with Gasteiger partial charge in [-0.3, -0.25) is 0 Å². The first-order valence-electron chi connectivity index (χ1n) is 7.23. The van der Waals surface area contributed by atoms with Crippen LogP contribution in [-0.4, -0.2) is 14.8 Å². The van der Waals surface area contributed by atoms with Gasteiger partial charge in [0.25, 0.3) is 0 Å². The van der Waals surface area contributed by atoms with Crippen LogP contribution in [0.5, 0.6) is 0 Å². The predicted octanol–water partition coefficient (Wildman–Crippen LogP) is 3.68. The van der Waals surface area contributed by atoms with E-state index in [-0.39, 0.29) is 12.1 Å². The molecule has 0 amide bonds. The Hall–Kier alpha value is -2.31. The maximum Gasteiger partial charge on any atom is 0.196 e. The highest BCUT2D eigenvalue weighted by Crippen LogP contribution is 2.59. The lowest BCUT2D eigenvalue weighted by Crippen LogP contribution is -2.21. The topological polar surface area (TPSA) is 43.2 Å². The minimum Gasteiger partial charge on any atom is -0.354 e. The van der Waals surface area contributed by atoms with Gasteiger partial charge in [-0.15, -0.1) is 0 Å². The molecule has 4 rings (SSSR count). The van der Waals surface area contributed by atoms with Crippen LogP contribution >= 0.6 is 11.6 Å². The fraction of sp³-hybridized carbons (Fsp3) is 0.176. The Morgan fingerprint density at radius 3 is 2.79 bits per heavy atom. The van der Waals surface area contributed by atoms with Gasteiger partial charge in [-0.2, -0.15) is 5.10 Å². The van der Waals surface area contributed by atoms with Gasteiger partial charge in [0.2, 0.25) is 0 Å². The van der Waals surface area contributed by atoms with E-state index in [1.54, 1.807) is 12.1 Å². The van der Waals surface area contributed by atoms with E-state index in [1.807, 2.05) is 12.1 Å². The Morgan fingerprint density at radius 2 is 2.08 bits per heavy atom. The van der Waals surface area contributed by atoms with Gasteiger partial charge >= 0.3 is 0 Å². The van der Waals surface area contributed by atoms with Gasteiger partial charge in [0.05, 0.1) is 6.54 Å². The molecule has 0 saturated carbocycles. The first kappa shape index (κ1) is 15.2. The van der Waals surface area contributed by atoms with Crippen LogP contribution in [0.4, 0.5) is 8.78 Å². The lowest BCUT2D eigenvalue weighted by atomic mass is 9.91. The number of halogens is 3. The first-order chi connectivity index (χ1) is 11.6. The molecule has 0 bridgehead atoms. The summed E-state index contributed by atoms with van der Waals surface area (Å²) in [5, 5.41) is 4.53. The Kier molecular flexibility index (Phi) is 3.58. The molecule has 0 N–H and O–H groups in total. The maximum absolute atomic E-state index is 14.4. The van der Waals surface area contributed by atoms with E-state index in [9.17, 15) is 8.78 Å². The Labute approximate surface area is 141 Å². The highest BCUT2D eigenvalue weighted by molar-refractivity contribution is 6.31. The number of benzene rings is 2. The van der Waals surface area contributed by atoms with Crippen molar-refractivity contribution in [1.82, 2.24) is 14.8 Å². The van der Waals surface area contributed by atoms with E-state index < -0.39 is 23.3 Å². The molecular formula is C17H11ClF2N3O. The van der Waals surface area contributed by atoms with Gasteiger partial charge in [0, 0.05) is 22.2 Å². The van der Waals surface area contributed by atoms with Crippen molar-refractivity contribution in [1.29, 1.82) is 0 Å². The maximum atomic E-state index is 14.4. The van der Waals surface area contributed by atoms with Crippen molar-refractivity contribution in [2.75, 3.05) is 0 Å². The van der Waals surface area contributed by atoms with Gasteiger partial charge in [0.15, 0.2) is 6.33 Å². The van der Waals surface area contributed by atoms with E-state index >= 15 is 0 Å². The molecule has 4 nitrogen and oxygen atoms in total. The number of rotatable bonds is 4. The fourth-order valence-electron chi connectivity index (χ4n) is 2.93. The molecule has 1 aromatic heterocycles. The average molecular weight is 347 g/mol. The zero-order valence-corrected chi connectivity index (χ0v) is 13.0. The third kappa shape index (κ3) is 2.48. The molecule has 7 heteroatoms. The van der Waals surface area contributed by atoms with Gasteiger partial charge < -0.3 is 4.74 Å². The molecular weight excluding hydrogens is 336 g/mol. The molecule has 2 heterocycles. The summed E-state index contributed by atoms with van der Waals surface area (Å²) < 4.78 is 35.0. The summed E-state index contributed by atoms with van der Waals surface area (Å²) in [6, 6.07) is 10.6. The number of nitrogens with zero attached hydrogens (tertiary/aromatic N) is 3. The summed E-state index contributed by atoms with van der Waals surface area (Å²) in [7, 11) is 0. The van der Waals surface area contributed by atoms with E-state index in [4.69, 9.17) is 16.3 Å². The van der Waals surface area contributed by atoms with E-state index in [1.165, 1.54) is 23.1 Å². The molecule has 1 fully saturated rings. The molecule has 1 aliphatic rings. The second kappa shape index (κ2) is 5.65. The van der Waals surface area contributed by atoms with Crippen molar-refractivity contribution < 1.29 is 13.5 Å². The molecule has 24 heavy (non-hydrogen) atoms. The van der Waals surface area contributed by atoms with E-state index in [0.717, 1.165) is 11.6 Å². The fourth-order valence-corrected chi connectivity index (χ4v) is 3.16. The largest absolute Gasteiger partial charge is 0.354 e. The second-order valence-electron chi connectivity index (χ2n) is 5.55.